The lowest BCUT2D eigenvalue weighted by Gasteiger charge is -2.11. The molecule has 33 heavy (non-hydrogen) atoms. The third kappa shape index (κ3) is 4.85. The molecule has 2 aromatic heterocycles. The summed E-state index contributed by atoms with van der Waals surface area (Å²) in [6.45, 7) is 2.00. The number of esters is 1. The van der Waals surface area contributed by atoms with Gasteiger partial charge in [-0.1, -0.05) is 41.9 Å². The molecule has 4 rings (SSSR count). The van der Waals surface area contributed by atoms with E-state index in [1.54, 1.807) is 41.8 Å². The van der Waals surface area contributed by atoms with Crippen LogP contribution in [0, 0.1) is 0 Å². The smallest absolute Gasteiger partial charge is 0.311 e. The van der Waals surface area contributed by atoms with Crippen molar-refractivity contribution in [2.45, 2.75) is 24.0 Å². The number of halogens is 1. The normalized spacial score (nSPS) is 11.6. The van der Waals surface area contributed by atoms with Gasteiger partial charge in [-0.15, -0.1) is 11.3 Å². The van der Waals surface area contributed by atoms with Crippen LogP contribution in [0.5, 0.6) is 0 Å². The molecule has 2 heterocycles. The molecule has 2 aromatic carbocycles. The van der Waals surface area contributed by atoms with Gasteiger partial charge in [-0.3, -0.25) is 14.0 Å². The Morgan fingerprint density at radius 1 is 1.21 bits per heavy atom. The van der Waals surface area contributed by atoms with Gasteiger partial charge in [0.1, 0.15) is 11.4 Å². The maximum absolute atomic E-state index is 13.3. The minimum absolute atomic E-state index is 0.0383. The van der Waals surface area contributed by atoms with Crippen LogP contribution in [-0.2, 0) is 31.5 Å². The van der Waals surface area contributed by atoms with E-state index in [0.717, 1.165) is 0 Å². The first-order valence-electron chi connectivity index (χ1n) is 10.0. The Labute approximate surface area is 199 Å². The molecular formula is C23H19ClN2O5S2. The first-order chi connectivity index (χ1) is 15.8. The molecule has 0 spiro atoms. The number of aromatic nitrogens is 2. The molecule has 0 atom stereocenters. The number of rotatable bonds is 8. The summed E-state index contributed by atoms with van der Waals surface area (Å²) in [6, 6.07) is 13.3. The molecule has 4 aromatic rings. The van der Waals surface area contributed by atoms with Crippen molar-refractivity contribution in [3.05, 3.63) is 75.9 Å². The number of imidazole rings is 1. The lowest BCUT2D eigenvalue weighted by atomic mass is 10.1. The highest BCUT2D eigenvalue weighted by Gasteiger charge is 2.25. The van der Waals surface area contributed by atoms with E-state index in [9.17, 15) is 18.0 Å². The molecule has 0 radical (unpaired) electrons. The van der Waals surface area contributed by atoms with Gasteiger partial charge in [0.25, 0.3) is 0 Å². The molecule has 7 nitrogen and oxygen atoms in total. The van der Waals surface area contributed by atoms with Gasteiger partial charge in [-0.25, -0.2) is 13.4 Å². The Bertz CT molecular complexity index is 1440. The summed E-state index contributed by atoms with van der Waals surface area (Å²) in [7, 11) is -3.77. The van der Waals surface area contributed by atoms with Crippen molar-refractivity contribution in [3.63, 3.8) is 0 Å². The van der Waals surface area contributed by atoms with Gasteiger partial charge in [-0.2, -0.15) is 0 Å². The van der Waals surface area contributed by atoms with E-state index in [1.807, 2.05) is 6.07 Å². The number of thiazole rings is 1. The maximum atomic E-state index is 13.3. The third-order valence-electron chi connectivity index (χ3n) is 4.88. The monoisotopic (exact) mass is 502 g/mol. The van der Waals surface area contributed by atoms with E-state index in [4.69, 9.17) is 16.3 Å². The molecule has 0 amide bonds. The molecular weight excluding hydrogens is 484 g/mol. The van der Waals surface area contributed by atoms with Crippen LogP contribution < -0.4 is 0 Å². The maximum Gasteiger partial charge on any atom is 0.311 e. The fraction of sp³-hybridized carbons (Fsp3) is 0.174. The number of hydrogen-bond acceptors (Lipinski definition) is 7. The highest BCUT2D eigenvalue weighted by Crippen LogP contribution is 2.35. The van der Waals surface area contributed by atoms with E-state index in [-0.39, 0.29) is 46.6 Å². The number of fused-ring (bicyclic) bond motifs is 1. The van der Waals surface area contributed by atoms with Crippen molar-refractivity contribution < 1.29 is 22.7 Å². The number of carbonyl (C=O) groups excluding carboxylic acids is 2. The predicted molar refractivity (Wildman–Crippen MR) is 127 cm³/mol. The lowest BCUT2D eigenvalue weighted by Crippen LogP contribution is -2.07. The summed E-state index contributed by atoms with van der Waals surface area (Å²) in [5, 5.41) is 0.319. The SMILES string of the molecule is CCOC(=O)Cc1cn2c(C=O)c(-c3cc(Cl)ccc3S(=O)(=O)Cc3ccccc3)nc2s1. The minimum atomic E-state index is -3.77. The van der Waals surface area contributed by atoms with Crippen LogP contribution in [0.15, 0.2) is 59.6 Å². The standard InChI is InChI=1S/C23H19ClN2O5S2/c1-2-31-21(28)11-17-12-26-19(13-27)22(25-23(26)32-17)18-10-16(24)8-9-20(18)33(29,30)14-15-6-4-3-5-7-15/h3-10,12-13H,2,11,14H2,1H3. The molecule has 0 saturated heterocycles. The predicted octanol–water partition coefficient (Wildman–Crippen LogP) is 4.61. The third-order valence-corrected chi connectivity index (χ3v) is 7.84. The highest BCUT2D eigenvalue weighted by molar-refractivity contribution is 7.90. The Kier molecular flexibility index (Phi) is 6.64. The van der Waals surface area contributed by atoms with Crippen LogP contribution in [0.4, 0.5) is 0 Å². The largest absolute Gasteiger partial charge is 0.466 e. The molecule has 0 aliphatic carbocycles. The second-order valence-electron chi connectivity index (χ2n) is 7.18. The van der Waals surface area contributed by atoms with E-state index in [2.05, 4.69) is 4.98 Å². The van der Waals surface area contributed by atoms with E-state index in [1.165, 1.54) is 29.5 Å². The van der Waals surface area contributed by atoms with Gasteiger partial charge in [0.2, 0.25) is 0 Å². The average Bonchev–Trinajstić information content (AvgIpc) is 3.30. The first kappa shape index (κ1) is 23.2. The Balaban J connectivity index is 1.79. The van der Waals surface area contributed by atoms with Gasteiger partial charge in [0.05, 0.1) is 23.7 Å². The van der Waals surface area contributed by atoms with Gasteiger partial charge in [0.15, 0.2) is 21.1 Å². The van der Waals surface area contributed by atoms with Crippen molar-refractivity contribution in [3.8, 4) is 11.3 Å². The van der Waals surface area contributed by atoms with Crippen molar-refractivity contribution in [2.75, 3.05) is 6.61 Å². The second kappa shape index (κ2) is 9.46. The fourth-order valence-electron chi connectivity index (χ4n) is 3.48. The van der Waals surface area contributed by atoms with E-state index in [0.29, 0.717) is 26.7 Å². The van der Waals surface area contributed by atoms with E-state index < -0.39 is 9.84 Å². The van der Waals surface area contributed by atoms with Crippen LogP contribution in [0.2, 0.25) is 5.02 Å². The zero-order chi connectivity index (χ0) is 23.6. The fourth-order valence-corrected chi connectivity index (χ4v) is 6.18. The number of hydrogen-bond donors (Lipinski definition) is 0. The summed E-state index contributed by atoms with van der Waals surface area (Å²) in [6.07, 6.45) is 2.31. The average molecular weight is 503 g/mol. The molecule has 0 saturated carbocycles. The van der Waals surface area contributed by atoms with Gasteiger partial charge < -0.3 is 4.74 Å². The molecule has 0 N–H and O–H groups in total. The van der Waals surface area contributed by atoms with Crippen molar-refractivity contribution in [1.29, 1.82) is 0 Å². The first-order valence-corrected chi connectivity index (χ1v) is 12.8. The van der Waals surface area contributed by atoms with Gasteiger partial charge in [-0.05, 0) is 30.7 Å². The topological polar surface area (TPSA) is 94.8 Å². The Hall–Kier alpha value is -3.01. The van der Waals surface area contributed by atoms with Gasteiger partial charge >= 0.3 is 5.97 Å². The summed E-state index contributed by atoms with van der Waals surface area (Å²) >= 11 is 7.42. The molecule has 0 bridgehead atoms. The summed E-state index contributed by atoms with van der Waals surface area (Å²) in [4.78, 5) is 29.5. The number of nitrogens with zero attached hydrogens (tertiary/aromatic N) is 2. The lowest BCUT2D eigenvalue weighted by molar-refractivity contribution is -0.142. The number of ether oxygens (including phenoxy) is 1. The number of aldehydes is 1. The zero-order valence-electron chi connectivity index (χ0n) is 17.5. The molecule has 0 aliphatic rings. The van der Waals surface area contributed by atoms with Crippen LogP contribution in [-0.4, -0.2) is 36.7 Å². The van der Waals surface area contributed by atoms with Crippen molar-refractivity contribution in [1.82, 2.24) is 9.38 Å². The Morgan fingerprint density at radius 2 is 1.97 bits per heavy atom. The van der Waals surface area contributed by atoms with Crippen molar-refractivity contribution >= 4 is 50.0 Å². The van der Waals surface area contributed by atoms with Crippen molar-refractivity contribution in [2.24, 2.45) is 0 Å². The van der Waals surface area contributed by atoms with Crippen LogP contribution in [0.25, 0.3) is 16.2 Å². The summed E-state index contributed by atoms with van der Waals surface area (Å²) < 4.78 is 33.1. The minimum Gasteiger partial charge on any atom is -0.466 e. The zero-order valence-corrected chi connectivity index (χ0v) is 19.9. The number of benzene rings is 2. The highest BCUT2D eigenvalue weighted by atomic mass is 35.5. The number of carbonyl (C=O) groups is 2. The van der Waals surface area contributed by atoms with Gasteiger partial charge in [0, 0.05) is 21.7 Å². The molecule has 0 fully saturated rings. The second-order valence-corrected chi connectivity index (χ2v) is 10.7. The molecule has 0 aliphatic heterocycles. The van der Waals surface area contributed by atoms with Crippen LogP contribution in [0.1, 0.15) is 27.9 Å². The quantitative estimate of drug-likeness (QED) is 0.258. The van der Waals surface area contributed by atoms with Crippen LogP contribution in [0.3, 0.4) is 0 Å². The summed E-state index contributed by atoms with van der Waals surface area (Å²) in [5.41, 5.74) is 1.29. The van der Waals surface area contributed by atoms with E-state index >= 15 is 0 Å². The Morgan fingerprint density at radius 3 is 2.67 bits per heavy atom. The summed E-state index contributed by atoms with van der Waals surface area (Å²) in [5.74, 6) is -0.579. The van der Waals surface area contributed by atoms with Crippen LogP contribution >= 0.6 is 22.9 Å². The molecule has 10 heteroatoms. The molecule has 0 unspecified atom stereocenters. The number of sulfone groups is 1. The molecule has 170 valence electrons.